The molecule has 1 fully saturated rings. The van der Waals surface area contributed by atoms with Crippen LogP contribution in [-0.2, 0) is 6.18 Å². The molecule has 28 heavy (non-hydrogen) atoms. The van der Waals surface area contributed by atoms with Gasteiger partial charge in [-0.2, -0.15) is 13.2 Å². The Morgan fingerprint density at radius 2 is 1.89 bits per heavy atom. The molecule has 0 radical (unpaired) electrons. The van der Waals surface area contributed by atoms with Crippen LogP contribution in [0.25, 0.3) is 11.4 Å². The van der Waals surface area contributed by atoms with E-state index in [1.165, 1.54) is 6.07 Å². The smallest absolute Gasteiger partial charge is 0.337 e. The zero-order chi connectivity index (χ0) is 19.9. The number of aromatic nitrogens is 2. The predicted octanol–water partition coefficient (Wildman–Crippen LogP) is 3.29. The molecule has 0 saturated carbocycles. The maximum absolute atomic E-state index is 12.9. The molecule has 4 rings (SSSR count). The predicted molar refractivity (Wildman–Crippen MR) is 92.6 cm³/mol. The normalized spacial score (nSPS) is 14.8. The highest BCUT2D eigenvalue weighted by Crippen LogP contribution is 2.34. The summed E-state index contributed by atoms with van der Waals surface area (Å²) in [6.45, 7) is 0.677. The van der Waals surface area contributed by atoms with Crippen LogP contribution in [0.5, 0.6) is 0 Å². The number of amides is 1. The van der Waals surface area contributed by atoms with Crippen molar-refractivity contribution in [3.05, 3.63) is 75.8 Å². The van der Waals surface area contributed by atoms with Crippen LogP contribution in [0.1, 0.15) is 27.4 Å². The van der Waals surface area contributed by atoms with E-state index in [4.69, 9.17) is 0 Å². The van der Waals surface area contributed by atoms with E-state index in [1.54, 1.807) is 35.2 Å². The second kappa shape index (κ2) is 6.66. The Morgan fingerprint density at radius 3 is 2.57 bits per heavy atom. The van der Waals surface area contributed by atoms with E-state index >= 15 is 0 Å². The highest BCUT2D eigenvalue weighted by atomic mass is 19.4. The second-order valence-electron chi connectivity index (χ2n) is 6.55. The Hall–Kier alpha value is -3.36. The van der Waals surface area contributed by atoms with Gasteiger partial charge in [0.25, 0.3) is 5.91 Å². The number of rotatable bonds is 3. The van der Waals surface area contributed by atoms with Gasteiger partial charge in [0.15, 0.2) is 5.82 Å². The third-order valence-corrected chi connectivity index (χ3v) is 4.68. The molecule has 0 spiro atoms. The quantitative estimate of drug-likeness (QED) is 0.746. The summed E-state index contributed by atoms with van der Waals surface area (Å²) in [5.41, 5.74) is 0.785. The van der Waals surface area contributed by atoms with E-state index in [9.17, 15) is 22.8 Å². The minimum Gasteiger partial charge on any atom is -0.337 e. The number of benzene rings is 2. The molecule has 1 N–H and O–H groups in total. The molecule has 6 nitrogen and oxygen atoms in total. The molecule has 0 atom stereocenters. The largest absolute Gasteiger partial charge is 0.439 e. The minimum atomic E-state index is -4.39. The fraction of sp³-hybridized carbons (Fsp3) is 0.211. The number of nitrogens with zero attached hydrogens (tertiary/aromatic N) is 2. The molecule has 1 amide bonds. The van der Waals surface area contributed by atoms with Gasteiger partial charge in [-0.15, -0.1) is 0 Å². The van der Waals surface area contributed by atoms with Crippen molar-refractivity contribution < 1.29 is 22.5 Å². The summed E-state index contributed by atoms with van der Waals surface area (Å²) in [6, 6.07) is 11.7. The number of hydrogen-bond acceptors (Lipinski definition) is 4. The molecule has 2 heterocycles. The Balaban J connectivity index is 1.47. The van der Waals surface area contributed by atoms with Gasteiger partial charge >= 0.3 is 11.9 Å². The Kier molecular flexibility index (Phi) is 4.29. The molecular weight excluding hydrogens is 375 g/mol. The lowest BCUT2D eigenvalue weighted by atomic mass is 9.89. The molecule has 3 aromatic rings. The van der Waals surface area contributed by atoms with Crippen molar-refractivity contribution in [1.29, 1.82) is 0 Å². The van der Waals surface area contributed by atoms with E-state index in [0.717, 1.165) is 12.1 Å². The van der Waals surface area contributed by atoms with Crippen molar-refractivity contribution in [3.8, 4) is 11.4 Å². The van der Waals surface area contributed by atoms with Crippen molar-refractivity contribution in [2.24, 2.45) is 0 Å². The summed E-state index contributed by atoms with van der Waals surface area (Å²) in [4.78, 5) is 27.7. The van der Waals surface area contributed by atoms with Crippen molar-refractivity contribution in [3.63, 3.8) is 0 Å². The van der Waals surface area contributed by atoms with E-state index in [2.05, 4.69) is 14.7 Å². The number of nitrogens with one attached hydrogen (secondary N) is 1. The number of carbonyl (C=O) groups is 1. The number of H-pyrrole nitrogens is 1. The van der Waals surface area contributed by atoms with Crippen molar-refractivity contribution in [1.82, 2.24) is 15.0 Å². The average Bonchev–Trinajstić information content (AvgIpc) is 3.06. The Bertz CT molecular complexity index is 1080. The van der Waals surface area contributed by atoms with Crippen molar-refractivity contribution in [2.75, 3.05) is 13.1 Å². The van der Waals surface area contributed by atoms with Crippen LogP contribution in [-0.4, -0.2) is 34.0 Å². The summed E-state index contributed by atoms with van der Waals surface area (Å²) in [5.74, 6) is -0.860. The lowest BCUT2D eigenvalue weighted by molar-refractivity contribution is -0.137. The minimum absolute atomic E-state index is 0.138. The fourth-order valence-electron chi connectivity index (χ4n) is 3.16. The van der Waals surface area contributed by atoms with E-state index in [-0.39, 0.29) is 17.6 Å². The first-order valence-electron chi connectivity index (χ1n) is 8.44. The van der Waals surface area contributed by atoms with Crippen LogP contribution in [0.4, 0.5) is 13.2 Å². The Morgan fingerprint density at radius 1 is 1.14 bits per heavy atom. The zero-order valence-electron chi connectivity index (χ0n) is 14.4. The van der Waals surface area contributed by atoms with Crippen molar-refractivity contribution in [2.45, 2.75) is 12.1 Å². The number of likely N-dealkylation sites (tertiary alicyclic amines) is 1. The number of hydrogen-bond donors (Lipinski definition) is 1. The number of halogens is 3. The third kappa shape index (κ3) is 3.42. The monoisotopic (exact) mass is 389 g/mol. The first-order chi connectivity index (χ1) is 13.3. The molecule has 0 aliphatic carbocycles. The summed E-state index contributed by atoms with van der Waals surface area (Å²) >= 11 is 0. The topological polar surface area (TPSA) is 79.2 Å². The molecule has 1 aromatic heterocycles. The van der Waals surface area contributed by atoms with Gasteiger partial charge in [-0.05, 0) is 23.8 Å². The van der Waals surface area contributed by atoms with Crippen LogP contribution in [0.3, 0.4) is 0 Å². The van der Waals surface area contributed by atoms with Crippen LogP contribution in [0, 0.1) is 0 Å². The van der Waals surface area contributed by atoms with E-state index in [1.807, 2.05) is 0 Å². The highest BCUT2D eigenvalue weighted by molar-refractivity contribution is 5.95. The first kappa shape index (κ1) is 18.0. The highest BCUT2D eigenvalue weighted by Gasteiger charge is 2.35. The molecule has 1 saturated heterocycles. The van der Waals surface area contributed by atoms with Gasteiger partial charge in [-0.25, -0.2) is 4.79 Å². The van der Waals surface area contributed by atoms with Gasteiger partial charge in [0, 0.05) is 30.1 Å². The van der Waals surface area contributed by atoms with Gasteiger partial charge < -0.3 is 4.90 Å². The number of carbonyl (C=O) groups excluding carboxylic acids is 1. The second-order valence-corrected chi connectivity index (χ2v) is 6.55. The molecular formula is C19H14F3N3O3. The Labute approximate surface area is 156 Å². The van der Waals surface area contributed by atoms with Crippen LogP contribution in [0.15, 0.2) is 57.8 Å². The van der Waals surface area contributed by atoms with Gasteiger partial charge in [0.2, 0.25) is 0 Å². The van der Waals surface area contributed by atoms with Crippen LogP contribution >= 0.6 is 0 Å². The maximum Gasteiger partial charge on any atom is 0.439 e. The maximum atomic E-state index is 12.9. The number of alkyl halides is 3. The molecule has 9 heteroatoms. The van der Waals surface area contributed by atoms with E-state index in [0.29, 0.717) is 29.8 Å². The van der Waals surface area contributed by atoms with Crippen LogP contribution in [0.2, 0.25) is 0 Å². The zero-order valence-corrected chi connectivity index (χ0v) is 14.4. The van der Waals surface area contributed by atoms with Gasteiger partial charge in [-0.1, -0.05) is 35.5 Å². The van der Waals surface area contributed by atoms with Gasteiger partial charge in [-0.3, -0.25) is 14.3 Å². The lowest BCUT2D eigenvalue weighted by Gasteiger charge is -2.39. The van der Waals surface area contributed by atoms with Gasteiger partial charge in [0.1, 0.15) is 0 Å². The summed E-state index contributed by atoms with van der Waals surface area (Å²) < 4.78 is 43.0. The molecule has 2 aromatic carbocycles. The van der Waals surface area contributed by atoms with Crippen LogP contribution < -0.4 is 5.76 Å². The molecule has 1 aliphatic heterocycles. The molecule has 0 unspecified atom stereocenters. The standard InChI is InChI=1S/C19H14F3N3O3/c20-19(21,22)15-6-2-3-11(8-15)14-9-25(10-14)17(26)13-5-1-4-12(7-13)16-23-18(27)28-24-16/h1-8,14H,9-10H2,(H,23,24,27). The molecule has 1 aliphatic rings. The van der Waals surface area contributed by atoms with Crippen molar-refractivity contribution >= 4 is 5.91 Å². The SMILES string of the molecule is O=C(c1cccc(-c2noc(=O)[nH]2)c1)N1CC(c2cccc(C(F)(F)F)c2)C1. The summed E-state index contributed by atoms with van der Waals surface area (Å²) in [6.07, 6.45) is -4.39. The summed E-state index contributed by atoms with van der Waals surface area (Å²) in [5, 5.41) is 3.59. The summed E-state index contributed by atoms with van der Waals surface area (Å²) in [7, 11) is 0. The fourth-order valence-corrected chi connectivity index (χ4v) is 3.16. The number of aromatic amines is 1. The molecule has 144 valence electrons. The lowest BCUT2D eigenvalue weighted by Crippen LogP contribution is -2.48. The molecule has 0 bridgehead atoms. The van der Waals surface area contributed by atoms with Gasteiger partial charge in [0.05, 0.1) is 5.56 Å². The third-order valence-electron chi connectivity index (χ3n) is 4.68. The van der Waals surface area contributed by atoms with E-state index < -0.39 is 17.5 Å². The average molecular weight is 389 g/mol. The first-order valence-corrected chi connectivity index (χ1v) is 8.44.